The number of nitrogens with zero attached hydrogens (tertiary/aromatic N) is 2. The molecule has 0 atom stereocenters. The van der Waals surface area contributed by atoms with Gasteiger partial charge in [0.2, 0.25) is 0 Å². The minimum atomic E-state index is -0.589. The van der Waals surface area contributed by atoms with Crippen molar-refractivity contribution in [1.82, 2.24) is 4.90 Å². The Morgan fingerprint density at radius 1 is 1.14 bits per heavy atom. The van der Waals surface area contributed by atoms with Crippen molar-refractivity contribution in [2.75, 3.05) is 31.1 Å². The van der Waals surface area contributed by atoms with Gasteiger partial charge in [-0.25, -0.2) is 4.39 Å². The maximum atomic E-state index is 13.4. The van der Waals surface area contributed by atoms with E-state index in [1.165, 1.54) is 29.9 Å². The van der Waals surface area contributed by atoms with Crippen molar-refractivity contribution in [3.8, 4) is 0 Å². The largest absolute Gasteiger partial charge is 0.304 e. The van der Waals surface area contributed by atoms with Crippen molar-refractivity contribution in [2.45, 2.75) is 26.2 Å². The molecule has 21 heavy (non-hydrogen) atoms. The van der Waals surface area contributed by atoms with Gasteiger partial charge in [-0.1, -0.05) is 0 Å². The van der Waals surface area contributed by atoms with E-state index in [9.17, 15) is 14.0 Å². The van der Waals surface area contributed by atoms with Gasteiger partial charge >= 0.3 is 0 Å². The maximum absolute atomic E-state index is 13.4. The van der Waals surface area contributed by atoms with Crippen molar-refractivity contribution < 1.29 is 14.0 Å². The number of anilines is 1. The van der Waals surface area contributed by atoms with Crippen LogP contribution < -0.4 is 4.90 Å². The maximum Gasteiger partial charge on any atom is 0.299 e. The molecule has 0 aliphatic carbocycles. The molecule has 0 N–H and O–H groups in total. The minimum Gasteiger partial charge on any atom is -0.304 e. The number of aryl methyl sites for hydroxylation is 1. The highest BCUT2D eigenvalue weighted by atomic mass is 19.1. The summed E-state index contributed by atoms with van der Waals surface area (Å²) in [4.78, 5) is 27.9. The molecule has 112 valence electrons. The van der Waals surface area contributed by atoms with E-state index < -0.39 is 17.5 Å². The number of ketones is 1. The molecule has 0 saturated carbocycles. The molecule has 1 fully saturated rings. The number of carbonyl (C=O) groups excluding carboxylic acids is 2. The zero-order valence-corrected chi connectivity index (χ0v) is 12.2. The molecule has 2 aliphatic heterocycles. The van der Waals surface area contributed by atoms with E-state index in [-0.39, 0.29) is 5.56 Å². The van der Waals surface area contributed by atoms with Gasteiger partial charge in [-0.3, -0.25) is 9.59 Å². The molecule has 3 rings (SSSR count). The van der Waals surface area contributed by atoms with Crippen LogP contribution in [0.15, 0.2) is 12.1 Å². The van der Waals surface area contributed by atoms with Gasteiger partial charge in [0.05, 0.1) is 11.3 Å². The van der Waals surface area contributed by atoms with E-state index >= 15 is 0 Å². The number of hydrogen-bond donors (Lipinski definition) is 0. The monoisotopic (exact) mass is 290 g/mol. The molecule has 5 heteroatoms. The van der Waals surface area contributed by atoms with Gasteiger partial charge < -0.3 is 9.80 Å². The highest BCUT2D eigenvalue weighted by Crippen LogP contribution is 2.33. The molecular formula is C16H19FN2O2. The van der Waals surface area contributed by atoms with E-state index in [1.807, 2.05) is 0 Å². The van der Waals surface area contributed by atoms with E-state index in [1.54, 1.807) is 6.92 Å². The summed E-state index contributed by atoms with van der Waals surface area (Å²) in [6.45, 7) is 5.43. The SMILES string of the molecule is Cc1cc(F)cc2c1N(CCCN1CCCC1)C(=O)C2=O. The van der Waals surface area contributed by atoms with Crippen LogP contribution >= 0.6 is 0 Å². The second-order valence-corrected chi connectivity index (χ2v) is 5.81. The molecule has 4 nitrogen and oxygen atoms in total. The van der Waals surface area contributed by atoms with Crippen LogP contribution in [0.1, 0.15) is 35.2 Å². The number of hydrogen-bond acceptors (Lipinski definition) is 3. The third kappa shape index (κ3) is 2.58. The summed E-state index contributed by atoms with van der Waals surface area (Å²) < 4.78 is 13.4. The number of Topliss-reactive ketones (excluding diaryl/α,β-unsaturated/α-hetero) is 1. The molecule has 2 aliphatic rings. The van der Waals surface area contributed by atoms with Gasteiger partial charge in [0.1, 0.15) is 5.82 Å². The summed E-state index contributed by atoms with van der Waals surface area (Å²) in [5.41, 5.74) is 1.44. The zero-order chi connectivity index (χ0) is 15.0. The standard InChI is InChI=1S/C16H19FN2O2/c1-11-9-12(17)10-13-14(11)19(16(21)15(13)20)8-4-7-18-5-2-3-6-18/h9-10H,2-8H2,1H3. The molecule has 0 unspecified atom stereocenters. The number of benzene rings is 1. The quantitative estimate of drug-likeness (QED) is 0.798. The molecular weight excluding hydrogens is 271 g/mol. The molecule has 1 amide bonds. The molecule has 0 aromatic heterocycles. The van der Waals surface area contributed by atoms with E-state index in [0.717, 1.165) is 26.1 Å². The molecule has 1 aromatic rings. The predicted molar refractivity (Wildman–Crippen MR) is 78.1 cm³/mol. The Balaban J connectivity index is 1.74. The molecule has 0 spiro atoms. The summed E-state index contributed by atoms with van der Waals surface area (Å²) >= 11 is 0. The fourth-order valence-electron chi connectivity index (χ4n) is 3.28. The summed E-state index contributed by atoms with van der Waals surface area (Å²) in [5.74, 6) is -1.58. The Morgan fingerprint density at radius 3 is 2.57 bits per heavy atom. The molecule has 0 radical (unpaired) electrons. The van der Waals surface area contributed by atoms with Crippen molar-refractivity contribution >= 4 is 17.4 Å². The lowest BCUT2D eigenvalue weighted by molar-refractivity contribution is -0.114. The smallest absolute Gasteiger partial charge is 0.299 e. The van der Waals surface area contributed by atoms with E-state index in [4.69, 9.17) is 0 Å². The Hall–Kier alpha value is -1.75. The minimum absolute atomic E-state index is 0.207. The fraction of sp³-hybridized carbons (Fsp3) is 0.500. The first-order valence-corrected chi connectivity index (χ1v) is 7.46. The average Bonchev–Trinajstić information content (AvgIpc) is 3.02. The summed E-state index contributed by atoms with van der Waals surface area (Å²) in [7, 11) is 0. The van der Waals surface area contributed by atoms with Gasteiger partial charge in [0.15, 0.2) is 0 Å². The van der Waals surface area contributed by atoms with Gasteiger partial charge in [0.25, 0.3) is 11.7 Å². The third-order valence-electron chi connectivity index (χ3n) is 4.27. The summed E-state index contributed by atoms with van der Waals surface area (Å²) in [5, 5.41) is 0. The second kappa shape index (κ2) is 5.56. The Labute approximate surface area is 123 Å². The Kier molecular flexibility index (Phi) is 3.76. The van der Waals surface area contributed by atoms with Crippen LogP contribution in [0.4, 0.5) is 10.1 Å². The number of carbonyl (C=O) groups is 2. The average molecular weight is 290 g/mol. The van der Waals surface area contributed by atoms with Crippen molar-refractivity contribution in [3.05, 3.63) is 29.1 Å². The van der Waals surface area contributed by atoms with Crippen molar-refractivity contribution in [1.29, 1.82) is 0 Å². The van der Waals surface area contributed by atoms with Crippen LogP contribution in [0.25, 0.3) is 0 Å². The van der Waals surface area contributed by atoms with E-state index in [0.29, 0.717) is 17.8 Å². The first kappa shape index (κ1) is 14.2. The summed E-state index contributed by atoms with van der Waals surface area (Å²) in [6, 6.07) is 2.54. The van der Waals surface area contributed by atoms with Gasteiger partial charge in [0, 0.05) is 6.54 Å². The molecule has 1 aromatic carbocycles. The lowest BCUT2D eigenvalue weighted by Crippen LogP contribution is -2.33. The van der Waals surface area contributed by atoms with Crippen LogP contribution in [-0.4, -0.2) is 42.8 Å². The highest BCUT2D eigenvalue weighted by Gasteiger charge is 2.37. The van der Waals surface area contributed by atoms with E-state index in [2.05, 4.69) is 4.90 Å². The lowest BCUT2D eigenvalue weighted by Gasteiger charge is -2.20. The van der Waals surface area contributed by atoms with Crippen LogP contribution in [-0.2, 0) is 4.79 Å². The number of halogens is 1. The first-order valence-electron chi connectivity index (χ1n) is 7.46. The first-order chi connectivity index (χ1) is 10.1. The fourth-order valence-corrected chi connectivity index (χ4v) is 3.28. The number of rotatable bonds is 4. The van der Waals surface area contributed by atoms with Gasteiger partial charge in [-0.05, 0) is 63.5 Å². The molecule has 1 saturated heterocycles. The van der Waals surface area contributed by atoms with Crippen LogP contribution in [0.5, 0.6) is 0 Å². The Morgan fingerprint density at radius 2 is 1.86 bits per heavy atom. The van der Waals surface area contributed by atoms with Gasteiger partial charge in [-0.15, -0.1) is 0 Å². The van der Waals surface area contributed by atoms with Crippen molar-refractivity contribution in [2.24, 2.45) is 0 Å². The number of fused-ring (bicyclic) bond motifs is 1. The second-order valence-electron chi connectivity index (χ2n) is 5.81. The zero-order valence-electron chi connectivity index (χ0n) is 12.2. The summed E-state index contributed by atoms with van der Waals surface area (Å²) in [6.07, 6.45) is 3.31. The highest BCUT2D eigenvalue weighted by molar-refractivity contribution is 6.52. The predicted octanol–water partition coefficient (Wildman–Crippen LogP) is 2.15. The molecule has 0 bridgehead atoms. The third-order valence-corrected chi connectivity index (χ3v) is 4.27. The lowest BCUT2D eigenvalue weighted by atomic mass is 10.1. The topological polar surface area (TPSA) is 40.6 Å². The normalized spacial score (nSPS) is 18.7. The van der Waals surface area contributed by atoms with Gasteiger partial charge in [-0.2, -0.15) is 0 Å². The van der Waals surface area contributed by atoms with Crippen LogP contribution in [0.2, 0.25) is 0 Å². The van der Waals surface area contributed by atoms with Crippen molar-refractivity contribution in [3.63, 3.8) is 0 Å². The number of amides is 1. The molecule has 2 heterocycles. The number of likely N-dealkylation sites (tertiary alicyclic amines) is 1. The Bertz CT molecular complexity index is 594. The van der Waals surface area contributed by atoms with Crippen LogP contribution in [0, 0.1) is 12.7 Å². The van der Waals surface area contributed by atoms with Crippen LogP contribution in [0.3, 0.4) is 0 Å².